The molecule has 0 aliphatic carbocycles. The summed E-state index contributed by atoms with van der Waals surface area (Å²) in [5.41, 5.74) is 1.14. The summed E-state index contributed by atoms with van der Waals surface area (Å²) in [6, 6.07) is 2.41. The van der Waals surface area contributed by atoms with Gasteiger partial charge in [-0.1, -0.05) is 0 Å². The highest BCUT2D eigenvalue weighted by Gasteiger charge is 2.41. The van der Waals surface area contributed by atoms with Crippen LogP contribution in [-0.2, 0) is 16.8 Å². The van der Waals surface area contributed by atoms with Crippen molar-refractivity contribution in [1.29, 1.82) is 0 Å². The molecule has 25 heavy (non-hydrogen) atoms. The van der Waals surface area contributed by atoms with Crippen molar-refractivity contribution in [2.24, 2.45) is 0 Å². The molecule has 1 amide bonds. The smallest absolute Gasteiger partial charge is 0.261 e. The van der Waals surface area contributed by atoms with Crippen LogP contribution < -0.4 is 5.32 Å². The van der Waals surface area contributed by atoms with Crippen LogP contribution in [0, 0.1) is 0 Å². The third kappa shape index (κ3) is 3.50. The Morgan fingerprint density at radius 2 is 2.08 bits per heavy atom. The highest BCUT2D eigenvalue weighted by atomic mass is 32.1. The Hall–Kier alpha value is -0.950. The molecule has 0 bridgehead atoms. The van der Waals surface area contributed by atoms with Gasteiger partial charge in [-0.05, 0) is 58.0 Å². The Bertz CT molecular complexity index is 637. The molecule has 1 aromatic heterocycles. The summed E-state index contributed by atoms with van der Waals surface area (Å²) in [5.74, 6) is 0.0998. The zero-order valence-corrected chi connectivity index (χ0v) is 16.2. The summed E-state index contributed by atoms with van der Waals surface area (Å²) in [5, 5.41) is 3.25. The molecule has 1 atom stereocenters. The van der Waals surface area contributed by atoms with E-state index in [0.29, 0.717) is 0 Å². The quantitative estimate of drug-likeness (QED) is 0.874. The first kappa shape index (κ1) is 17.5. The lowest BCUT2D eigenvalue weighted by Gasteiger charge is -2.43. The van der Waals surface area contributed by atoms with Crippen molar-refractivity contribution < 1.29 is 9.53 Å². The lowest BCUT2D eigenvalue weighted by Crippen LogP contribution is -2.46. The van der Waals surface area contributed by atoms with E-state index in [2.05, 4.69) is 35.3 Å². The molecule has 1 N–H and O–H groups in total. The van der Waals surface area contributed by atoms with Crippen LogP contribution in [0.5, 0.6) is 0 Å². The number of thiophene rings is 1. The van der Waals surface area contributed by atoms with Gasteiger partial charge in [0.15, 0.2) is 0 Å². The minimum atomic E-state index is -0.153. The van der Waals surface area contributed by atoms with Gasteiger partial charge in [-0.3, -0.25) is 4.79 Å². The van der Waals surface area contributed by atoms with Crippen molar-refractivity contribution in [3.05, 3.63) is 21.4 Å². The van der Waals surface area contributed by atoms with Gasteiger partial charge in [-0.15, -0.1) is 11.3 Å². The number of nitrogens with one attached hydrogen (secondary N) is 1. The summed E-state index contributed by atoms with van der Waals surface area (Å²) >= 11 is 1.68. The third-order valence-corrected chi connectivity index (χ3v) is 7.18. The first-order valence-corrected chi connectivity index (χ1v) is 10.3. The zero-order chi connectivity index (χ0) is 17.4. The molecule has 3 aliphatic rings. The standard InChI is InChI=1S/C19H29N3O2S/c1-21-9-6-19(7-10-21)15-12-17(25-16(15)5-11-24-19)18(23)20-14-4-3-8-22(2)13-14/h12,14H,3-11,13H2,1-2H3,(H,20,23). The van der Waals surface area contributed by atoms with E-state index in [0.717, 1.165) is 69.8 Å². The summed E-state index contributed by atoms with van der Waals surface area (Å²) in [4.78, 5) is 19.7. The van der Waals surface area contributed by atoms with Crippen LogP contribution in [0.4, 0.5) is 0 Å². The second-order valence-corrected chi connectivity index (χ2v) is 9.06. The maximum Gasteiger partial charge on any atom is 0.261 e. The highest BCUT2D eigenvalue weighted by molar-refractivity contribution is 7.14. The van der Waals surface area contributed by atoms with E-state index >= 15 is 0 Å². The van der Waals surface area contributed by atoms with Gasteiger partial charge in [0.2, 0.25) is 0 Å². The number of nitrogens with zero attached hydrogens (tertiary/aromatic N) is 2. The number of amides is 1. The van der Waals surface area contributed by atoms with E-state index in [9.17, 15) is 4.79 Å². The van der Waals surface area contributed by atoms with E-state index in [1.54, 1.807) is 11.3 Å². The summed E-state index contributed by atoms with van der Waals surface area (Å²) in [6.07, 6.45) is 5.24. The molecule has 3 aliphatic heterocycles. The van der Waals surface area contributed by atoms with Crippen molar-refractivity contribution in [2.45, 2.75) is 43.7 Å². The van der Waals surface area contributed by atoms with Crippen LogP contribution in [0.25, 0.3) is 0 Å². The molecule has 2 fully saturated rings. The van der Waals surface area contributed by atoms with Crippen molar-refractivity contribution in [2.75, 3.05) is 46.9 Å². The van der Waals surface area contributed by atoms with E-state index in [-0.39, 0.29) is 17.6 Å². The number of carbonyl (C=O) groups is 1. The molecule has 1 unspecified atom stereocenters. The number of likely N-dealkylation sites (tertiary alicyclic amines) is 2. The summed E-state index contributed by atoms with van der Waals surface area (Å²) < 4.78 is 6.28. The second-order valence-electron chi connectivity index (χ2n) is 7.92. The molecular weight excluding hydrogens is 334 g/mol. The molecule has 0 radical (unpaired) electrons. The molecule has 6 heteroatoms. The van der Waals surface area contributed by atoms with E-state index < -0.39 is 0 Å². The number of ether oxygens (including phenoxy) is 1. The lowest BCUT2D eigenvalue weighted by atomic mass is 9.82. The van der Waals surface area contributed by atoms with Crippen LogP contribution in [-0.4, -0.2) is 68.6 Å². The van der Waals surface area contributed by atoms with Gasteiger partial charge in [-0.2, -0.15) is 0 Å². The SMILES string of the molecule is CN1CCC2(CC1)OCCc1sc(C(=O)NC3CCCN(C)C3)cc12. The summed E-state index contributed by atoms with van der Waals surface area (Å²) in [7, 11) is 4.30. The van der Waals surface area contributed by atoms with E-state index in [1.807, 2.05) is 0 Å². The molecule has 1 aromatic rings. The monoisotopic (exact) mass is 363 g/mol. The van der Waals surface area contributed by atoms with Gasteiger partial charge >= 0.3 is 0 Å². The topological polar surface area (TPSA) is 44.8 Å². The van der Waals surface area contributed by atoms with Crippen LogP contribution in [0.2, 0.25) is 0 Å². The Kier molecular flexibility index (Phi) is 4.88. The van der Waals surface area contributed by atoms with Gasteiger partial charge in [0, 0.05) is 37.0 Å². The average Bonchev–Trinajstić information content (AvgIpc) is 3.04. The molecule has 4 heterocycles. The predicted molar refractivity (Wildman–Crippen MR) is 100 cm³/mol. The minimum Gasteiger partial charge on any atom is -0.370 e. The predicted octanol–water partition coefficient (Wildman–Crippen LogP) is 2.07. The van der Waals surface area contributed by atoms with Gasteiger partial charge in [-0.25, -0.2) is 0 Å². The molecule has 1 spiro atoms. The molecule has 2 saturated heterocycles. The lowest BCUT2D eigenvalue weighted by molar-refractivity contribution is -0.0942. The van der Waals surface area contributed by atoms with Crippen LogP contribution in [0.1, 0.15) is 45.8 Å². The third-order valence-electron chi connectivity index (χ3n) is 5.99. The highest BCUT2D eigenvalue weighted by Crippen LogP contribution is 2.44. The second kappa shape index (κ2) is 6.99. The van der Waals surface area contributed by atoms with Gasteiger partial charge in [0.25, 0.3) is 5.91 Å². The number of hydrogen-bond acceptors (Lipinski definition) is 5. The fourth-order valence-electron chi connectivity index (χ4n) is 4.46. The maximum absolute atomic E-state index is 12.8. The number of hydrogen-bond donors (Lipinski definition) is 1. The van der Waals surface area contributed by atoms with Crippen molar-refractivity contribution >= 4 is 17.2 Å². The molecule has 138 valence electrons. The average molecular weight is 364 g/mol. The number of carbonyl (C=O) groups excluding carboxylic acids is 1. The fourth-order valence-corrected chi connectivity index (χ4v) is 5.60. The molecule has 4 rings (SSSR count). The van der Waals surface area contributed by atoms with Gasteiger partial charge < -0.3 is 19.9 Å². The normalized spacial score (nSPS) is 27.2. The maximum atomic E-state index is 12.8. The molecule has 0 saturated carbocycles. The fraction of sp³-hybridized carbons (Fsp3) is 0.737. The van der Waals surface area contributed by atoms with Crippen LogP contribution >= 0.6 is 11.3 Å². The number of rotatable bonds is 2. The number of fused-ring (bicyclic) bond motifs is 2. The number of piperidine rings is 2. The van der Waals surface area contributed by atoms with Crippen LogP contribution in [0.15, 0.2) is 6.07 Å². The Morgan fingerprint density at radius 1 is 1.28 bits per heavy atom. The Balaban J connectivity index is 1.51. The largest absolute Gasteiger partial charge is 0.370 e. The van der Waals surface area contributed by atoms with Crippen molar-refractivity contribution in [3.8, 4) is 0 Å². The van der Waals surface area contributed by atoms with E-state index in [4.69, 9.17) is 4.74 Å². The summed E-state index contributed by atoms with van der Waals surface area (Å²) in [6.45, 7) is 4.99. The number of likely N-dealkylation sites (N-methyl/N-ethyl adjacent to an activating group) is 1. The molecule has 5 nitrogen and oxygen atoms in total. The van der Waals surface area contributed by atoms with E-state index in [1.165, 1.54) is 10.4 Å². The van der Waals surface area contributed by atoms with Crippen molar-refractivity contribution in [3.63, 3.8) is 0 Å². The first-order chi connectivity index (χ1) is 12.1. The minimum absolute atomic E-state index is 0.0998. The van der Waals surface area contributed by atoms with Gasteiger partial charge in [0.1, 0.15) is 0 Å². The molecule has 0 aromatic carbocycles. The first-order valence-electron chi connectivity index (χ1n) is 9.51. The Labute approximate surface area is 154 Å². The van der Waals surface area contributed by atoms with Gasteiger partial charge in [0.05, 0.1) is 17.1 Å². The zero-order valence-electron chi connectivity index (χ0n) is 15.3. The Morgan fingerprint density at radius 3 is 2.84 bits per heavy atom. The van der Waals surface area contributed by atoms with Crippen molar-refractivity contribution in [1.82, 2.24) is 15.1 Å². The van der Waals surface area contributed by atoms with Crippen LogP contribution in [0.3, 0.4) is 0 Å². The molecular formula is C19H29N3O2S.